The molecular weight excluding hydrogens is 1830 g/mol. The first-order chi connectivity index (χ1) is 58.2. The van der Waals surface area contributed by atoms with Crippen LogP contribution in [0, 0.1) is 0 Å². The van der Waals surface area contributed by atoms with Crippen molar-refractivity contribution in [2.45, 2.75) is 75.9 Å². The van der Waals surface area contributed by atoms with Gasteiger partial charge in [0.05, 0.1) is 55.3 Å². The van der Waals surface area contributed by atoms with E-state index in [0.717, 1.165) is 75.7 Å². The summed E-state index contributed by atoms with van der Waals surface area (Å²) in [7, 11) is 9.58. The minimum atomic E-state index is -1.02. The van der Waals surface area contributed by atoms with Crippen molar-refractivity contribution in [1.82, 2.24) is 64.4 Å². The summed E-state index contributed by atoms with van der Waals surface area (Å²) < 4.78 is 22.1. The molecule has 14 rings (SSSR count). The third kappa shape index (κ3) is 24.5. The van der Waals surface area contributed by atoms with Crippen LogP contribution in [0.3, 0.4) is 0 Å². The summed E-state index contributed by atoms with van der Waals surface area (Å²) in [6.07, 6.45) is 8.21. The first-order valence-corrected chi connectivity index (χ1v) is 40.6. The molecule has 2 amide bonds. The van der Waals surface area contributed by atoms with E-state index in [1.807, 2.05) is 129 Å². The second-order valence-corrected chi connectivity index (χ2v) is 30.7. The van der Waals surface area contributed by atoms with Crippen LogP contribution in [0.2, 0.25) is 15.1 Å². The number of aryl methyl sites for hydroxylation is 3. The van der Waals surface area contributed by atoms with Crippen molar-refractivity contribution in [2.75, 3.05) is 21.3 Å². The zero-order valence-electron chi connectivity index (χ0n) is 65.5. The Labute approximate surface area is 738 Å². The molecule has 13 aromatic rings. The van der Waals surface area contributed by atoms with Crippen molar-refractivity contribution in [1.29, 1.82) is 0 Å². The molecule has 1 aliphatic heterocycles. The molecule has 0 unspecified atom stereocenters. The van der Waals surface area contributed by atoms with Crippen molar-refractivity contribution < 1.29 is 47.8 Å². The smallest absolute Gasteiger partial charge is 0.329 e. The Balaban J connectivity index is 0.000000168. The average Bonchev–Trinajstić information content (AvgIpc) is 1.73. The number of amides is 2. The molecule has 121 heavy (non-hydrogen) atoms. The van der Waals surface area contributed by atoms with E-state index in [9.17, 15) is 33.6 Å². The van der Waals surface area contributed by atoms with Crippen LogP contribution in [0.1, 0.15) is 76.1 Å². The predicted molar refractivity (Wildman–Crippen MR) is 470 cm³/mol. The SMILES string of the molecule is COC(=O)[C@@H](Cc1ccccn1)N(Cc1ccc2c(Br)nn(C)c2c1)C(=O)c1ccc(Cl)cc1N=[N+]=[N-].COC(=O)[C@@H](Cc1ccccn1)NCc1ccc2c(Br)nn(C)c2c1.COC(=O)[C@H](N)Cc1ccccn1.Cn1nc(Br)c2ccc(CN3C(=O)c4ccc(Cl)cc4CC(=O)[C@H]3Cc3ccccn3)cc21.[N-]=[N+]=Nc1cc(Cl)ccc1C(=O)Cl. The molecule has 3 N–H and O–H groups in total. The van der Waals surface area contributed by atoms with Crippen molar-refractivity contribution in [3.05, 3.63) is 318 Å². The number of rotatable bonds is 23. The van der Waals surface area contributed by atoms with Crippen molar-refractivity contribution in [2.24, 2.45) is 37.1 Å². The number of nitrogens with zero attached hydrogens (tertiary/aromatic N) is 18. The van der Waals surface area contributed by atoms with Crippen LogP contribution >= 0.6 is 94.2 Å². The van der Waals surface area contributed by atoms with Gasteiger partial charge in [0.1, 0.15) is 31.9 Å². The number of ether oxygens (including phenoxy) is 3. The zero-order chi connectivity index (χ0) is 87.0. The molecular formula is C84H75Br3Cl4N20O10. The van der Waals surface area contributed by atoms with E-state index in [0.29, 0.717) is 68.8 Å². The lowest BCUT2D eigenvalue weighted by Crippen LogP contribution is -2.46. The van der Waals surface area contributed by atoms with Gasteiger partial charge in [-0.3, -0.25) is 68.1 Å². The largest absolute Gasteiger partial charge is 0.468 e. The fourth-order valence-electron chi connectivity index (χ4n) is 12.9. The number of azide groups is 2. The average molecular weight is 1910 g/mol. The van der Waals surface area contributed by atoms with Gasteiger partial charge >= 0.3 is 17.9 Å². The maximum Gasteiger partial charge on any atom is 0.329 e. The predicted octanol–water partition coefficient (Wildman–Crippen LogP) is 16.9. The van der Waals surface area contributed by atoms with Gasteiger partial charge in [-0.2, -0.15) is 15.3 Å². The van der Waals surface area contributed by atoms with Gasteiger partial charge in [-0.1, -0.05) is 87.5 Å². The van der Waals surface area contributed by atoms with Gasteiger partial charge in [-0.25, -0.2) is 4.79 Å². The molecule has 620 valence electrons. The van der Waals surface area contributed by atoms with Gasteiger partial charge in [0, 0.05) is 178 Å². The number of hydrogen-bond acceptors (Lipinski definition) is 21. The summed E-state index contributed by atoms with van der Waals surface area (Å²) in [5, 5.41) is 26.8. The molecule has 0 saturated heterocycles. The van der Waals surface area contributed by atoms with Crippen LogP contribution in [0.15, 0.2) is 231 Å². The Morgan fingerprint density at radius 2 is 1.00 bits per heavy atom. The highest BCUT2D eigenvalue weighted by atomic mass is 79.9. The van der Waals surface area contributed by atoms with Crippen molar-refractivity contribution in [3.63, 3.8) is 0 Å². The Hall–Kier alpha value is -11.8. The molecule has 0 fully saturated rings. The highest BCUT2D eigenvalue weighted by Gasteiger charge is 2.37. The van der Waals surface area contributed by atoms with Gasteiger partial charge in [0.25, 0.3) is 17.1 Å². The fourth-order valence-corrected chi connectivity index (χ4v) is 15.3. The molecule has 1 aliphatic rings. The zero-order valence-corrected chi connectivity index (χ0v) is 73.2. The number of carbonyl (C=O) groups excluding carboxylic acids is 7. The monoisotopic (exact) mass is 1900 g/mol. The number of nitrogens with two attached hydrogens (primary N) is 1. The van der Waals surface area contributed by atoms with Crippen molar-refractivity contribution in [3.8, 4) is 0 Å². The van der Waals surface area contributed by atoms with Gasteiger partial charge in [0.15, 0.2) is 5.78 Å². The number of hydrogen-bond donors (Lipinski definition) is 2. The summed E-state index contributed by atoms with van der Waals surface area (Å²) in [6, 6.07) is 50.9. The number of benzene rings is 6. The van der Waals surface area contributed by atoms with Crippen molar-refractivity contribution >= 4 is 179 Å². The number of pyridine rings is 4. The van der Waals surface area contributed by atoms with Crippen LogP contribution in [0.25, 0.3) is 53.6 Å². The fraction of sp³-hybridized carbons (Fsp3) is 0.214. The number of methoxy groups -OCH3 is 3. The number of ketones is 1. The lowest BCUT2D eigenvalue weighted by Gasteiger charge is -2.30. The van der Waals surface area contributed by atoms with Gasteiger partial charge in [-0.05, 0) is 232 Å². The van der Waals surface area contributed by atoms with Crippen LogP contribution in [0.5, 0.6) is 0 Å². The van der Waals surface area contributed by atoms with E-state index in [1.165, 1.54) is 62.6 Å². The summed E-state index contributed by atoms with van der Waals surface area (Å²) in [4.78, 5) is 113. The second-order valence-electron chi connectivity index (χ2n) is 26.8. The molecule has 0 radical (unpaired) electrons. The Bertz CT molecular complexity index is 6030. The van der Waals surface area contributed by atoms with E-state index < -0.39 is 47.3 Å². The normalized spacial score (nSPS) is 12.8. The first-order valence-electron chi connectivity index (χ1n) is 36.7. The van der Waals surface area contributed by atoms with Crippen LogP contribution in [-0.4, -0.2) is 145 Å². The number of Topliss-reactive ketones (excluding diaryl/α,β-unsaturated/α-hetero) is 1. The molecule has 0 spiro atoms. The molecule has 0 saturated carbocycles. The van der Waals surface area contributed by atoms with E-state index in [2.05, 4.69) is 119 Å². The quantitative estimate of drug-likeness (QED) is 0.0150. The van der Waals surface area contributed by atoms with Gasteiger partial charge in [-0.15, -0.1) is 0 Å². The van der Waals surface area contributed by atoms with Gasteiger partial charge in [0.2, 0.25) is 0 Å². The van der Waals surface area contributed by atoms with Crippen LogP contribution in [0.4, 0.5) is 11.4 Å². The summed E-state index contributed by atoms with van der Waals surface area (Å²) in [6.45, 7) is 0.900. The van der Waals surface area contributed by atoms with E-state index in [1.54, 1.807) is 75.4 Å². The highest BCUT2D eigenvalue weighted by molar-refractivity contribution is 9.11. The van der Waals surface area contributed by atoms with Crippen LogP contribution < -0.4 is 11.1 Å². The second kappa shape index (κ2) is 43.9. The molecule has 0 bridgehead atoms. The van der Waals surface area contributed by atoms with Gasteiger partial charge < -0.3 is 29.7 Å². The number of carbonyl (C=O) groups is 7. The topological polar surface area (TPSA) is 394 Å². The highest BCUT2D eigenvalue weighted by Crippen LogP contribution is 2.33. The lowest BCUT2D eigenvalue weighted by molar-refractivity contribution is -0.146. The van der Waals surface area contributed by atoms with E-state index >= 15 is 0 Å². The molecule has 7 aromatic heterocycles. The molecule has 30 nitrogen and oxygen atoms in total. The first kappa shape index (κ1) is 91.5. The molecule has 0 aliphatic carbocycles. The van der Waals surface area contributed by atoms with E-state index in [-0.39, 0.29) is 59.5 Å². The minimum absolute atomic E-state index is 0.0284. The molecule has 6 aromatic carbocycles. The number of aromatic nitrogens is 10. The minimum Gasteiger partial charge on any atom is -0.468 e. The maximum absolute atomic E-state index is 14.0. The maximum atomic E-state index is 14.0. The summed E-state index contributed by atoms with van der Waals surface area (Å²) >= 11 is 33.5. The standard InChI is InChI=1S/C25H21BrClN7O3.C25H20BrClN4O2.C18H19BrN4O2.C9H12N2O2.C7H3Cl2N3O/c1-33-21-11-15(6-8-19(21)23(26)31-33)14-34(22(25(36)37-2)13-17-5-3-4-10-29-17)24(35)18-9-7-16(27)12-20(18)30-32-28;1-30-21-10-15(5-7-20(21)24(26)29-30)14-31-22(13-18-4-2-3-9-28-18)23(32)12-16-11-17(27)6-8-19(16)25(31)33;1-23-16-9-12(6-7-14(16)17(19)22-23)11-21-15(18(24)25-2)10-13-5-3-4-8-20-13;1-13-9(12)8(10)6-7-4-2-3-5-11-7;8-4-1-2-5(7(9)13)6(3-4)11-12-10/h3-12,22H,13-14H2,1-2H3;2-11,22H,12-14H2,1H3;3-9,15,21H,10-11H2,1-2H3;2-5,8H,6,10H2,1H3;1-3H/t2*22-;15-;8-;/m1111./s1. The summed E-state index contributed by atoms with van der Waals surface area (Å²) in [5.41, 5.74) is 32.9. The third-order valence-electron chi connectivity index (χ3n) is 18.9. The number of nitrogens with one attached hydrogen (secondary N) is 1. The summed E-state index contributed by atoms with van der Waals surface area (Å²) in [5.74, 6) is -2.06. The number of fused-ring (bicyclic) bond motifs is 4. The third-order valence-corrected chi connectivity index (χ3v) is 21.5. The Morgan fingerprint density at radius 3 is 1.50 bits per heavy atom. The molecule has 8 heterocycles. The Morgan fingerprint density at radius 1 is 0.554 bits per heavy atom. The van der Waals surface area contributed by atoms with Crippen LogP contribution in [-0.2, 0) is 106 Å². The number of halogens is 7. The Kier molecular flexibility index (Phi) is 33.2. The van der Waals surface area contributed by atoms with E-state index in [4.69, 9.17) is 72.7 Å². The lowest BCUT2D eigenvalue weighted by atomic mass is 9.99. The number of esters is 3. The molecule has 4 atom stereocenters. The molecule has 37 heteroatoms.